The maximum Gasteiger partial charge on any atom is 0.0277 e. The van der Waals surface area contributed by atoms with Gasteiger partial charge < -0.3 is 0 Å². The minimum Gasteiger partial charge on any atom is -0.296 e. The minimum absolute atomic E-state index is 0.628. The van der Waals surface area contributed by atoms with Crippen molar-refractivity contribution in [1.82, 2.24) is 0 Å². The van der Waals surface area contributed by atoms with Crippen LogP contribution in [0.5, 0.6) is 0 Å². The first-order valence-corrected chi connectivity index (χ1v) is 3.27. The SMILES string of the molecule is C/N=C\C(C)=C/C(C)C. The van der Waals surface area contributed by atoms with Crippen molar-refractivity contribution >= 4 is 6.21 Å². The highest BCUT2D eigenvalue weighted by Crippen LogP contribution is 1.98. The van der Waals surface area contributed by atoms with Crippen LogP contribution >= 0.6 is 0 Å². The molecule has 0 saturated carbocycles. The lowest BCUT2D eigenvalue weighted by Gasteiger charge is -1.94. The Kier molecular flexibility index (Phi) is 4.02. The molecule has 52 valence electrons. The van der Waals surface area contributed by atoms with Crippen LogP contribution in [0.2, 0.25) is 0 Å². The van der Waals surface area contributed by atoms with Crippen LogP contribution < -0.4 is 0 Å². The molecule has 0 amide bonds. The molecule has 0 unspecified atom stereocenters. The van der Waals surface area contributed by atoms with E-state index < -0.39 is 0 Å². The third kappa shape index (κ3) is 5.28. The van der Waals surface area contributed by atoms with Crippen LogP contribution in [-0.4, -0.2) is 13.3 Å². The van der Waals surface area contributed by atoms with Crippen molar-refractivity contribution in [3.63, 3.8) is 0 Å². The Morgan fingerprint density at radius 1 is 1.44 bits per heavy atom. The van der Waals surface area contributed by atoms with Gasteiger partial charge in [-0.25, -0.2) is 0 Å². The maximum atomic E-state index is 3.90. The maximum absolute atomic E-state index is 3.90. The van der Waals surface area contributed by atoms with Gasteiger partial charge in [-0.1, -0.05) is 19.9 Å². The van der Waals surface area contributed by atoms with Crippen LogP contribution in [0.1, 0.15) is 20.8 Å². The summed E-state index contributed by atoms with van der Waals surface area (Å²) in [5.74, 6) is 0.628. The Balaban J connectivity index is 3.84. The highest BCUT2D eigenvalue weighted by Gasteiger charge is 1.85. The summed E-state index contributed by atoms with van der Waals surface area (Å²) in [5, 5.41) is 0. The summed E-state index contributed by atoms with van der Waals surface area (Å²) in [6, 6.07) is 0. The van der Waals surface area contributed by atoms with Gasteiger partial charge in [0.1, 0.15) is 0 Å². The van der Waals surface area contributed by atoms with Crippen LogP contribution in [0.25, 0.3) is 0 Å². The molecule has 0 aromatic heterocycles. The monoisotopic (exact) mass is 125 g/mol. The lowest BCUT2D eigenvalue weighted by atomic mass is 10.1. The van der Waals surface area contributed by atoms with Crippen molar-refractivity contribution in [2.45, 2.75) is 20.8 Å². The second kappa shape index (κ2) is 4.30. The number of rotatable bonds is 2. The van der Waals surface area contributed by atoms with Crippen molar-refractivity contribution < 1.29 is 0 Å². The summed E-state index contributed by atoms with van der Waals surface area (Å²) in [6.07, 6.45) is 4.06. The zero-order chi connectivity index (χ0) is 7.28. The van der Waals surface area contributed by atoms with Gasteiger partial charge in [-0.3, -0.25) is 4.99 Å². The lowest BCUT2D eigenvalue weighted by Crippen LogP contribution is -1.83. The van der Waals surface area contributed by atoms with Gasteiger partial charge in [0.05, 0.1) is 0 Å². The highest BCUT2D eigenvalue weighted by molar-refractivity contribution is 5.77. The summed E-state index contributed by atoms with van der Waals surface area (Å²) in [4.78, 5) is 3.90. The Bertz CT molecular complexity index is 121. The van der Waals surface area contributed by atoms with Crippen LogP contribution in [0.15, 0.2) is 16.6 Å². The molecule has 0 radical (unpaired) electrons. The Morgan fingerprint density at radius 2 is 2.00 bits per heavy atom. The van der Waals surface area contributed by atoms with E-state index in [4.69, 9.17) is 0 Å². The highest BCUT2D eigenvalue weighted by atomic mass is 14.6. The van der Waals surface area contributed by atoms with E-state index in [0.717, 1.165) is 0 Å². The van der Waals surface area contributed by atoms with E-state index in [1.165, 1.54) is 5.57 Å². The van der Waals surface area contributed by atoms with Gasteiger partial charge in [0.15, 0.2) is 0 Å². The Hall–Kier alpha value is -0.590. The van der Waals surface area contributed by atoms with E-state index in [2.05, 4.69) is 31.8 Å². The summed E-state index contributed by atoms with van der Waals surface area (Å²) < 4.78 is 0. The third-order valence-electron chi connectivity index (χ3n) is 0.929. The van der Waals surface area contributed by atoms with Crippen LogP contribution in [-0.2, 0) is 0 Å². The smallest absolute Gasteiger partial charge is 0.0277 e. The van der Waals surface area contributed by atoms with E-state index in [1.54, 1.807) is 7.05 Å². The second-order valence-electron chi connectivity index (χ2n) is 2.54. The van der Waals surface area contributed by atoms with Gasteiger partial charge in [-0.2, -0.15) is 0 Å². The predicted octanol–water partition coefficient (Wildman–Crippen LogP) is 2.29. The van der Waals surface area contributed by atoms with Gasteiger partial charge in [-0.15, -0.1) is 0 Å². The fourth-order valence-corrected chi connectivity index (χ4v) is 0.772. The zero-order valence-electron chi connectivity index (χ0n) is 6.68. The average Bonchev–Trinajstić information content (AvgIpc) is 1.63. The molecule has 0 N–H and O–H groups in total. The molecule has 0 atom stereocenters. The van der Waals surface area contributed by atoms with Gasteiger partial charge in [0.2, 0.25) is 0 Å². The van der Waals surface area contributed by atoms with Crippen LogP contribution in [0.4, 0.5) is 0 Å². The number of aliphatic imine (C=N–C) groups is 1. The Labute approximate surface area is 57.5 Å². The van der Waals surface area contributed by atoms with Crippen molar-refractivity contribution in [3.05, 3.63) is 11.6 Å². The molecule has 0 aliphatic rings. The fraction of sp³-hybridized carbons (Fsp3) is 0.625. The van der Waals surface area contributed by atoms with Gasteiger partial charge in [0, 0.05) is 13.3 Å². The summed E-state index contributed by atoms with van der Waals surface area (Å²) >= 11 is 0. The lowest BCUT2D eigenvalue weighted by molar-refractivity contribution is 0.827. The topological polar surface area (TPSA) is 12.4 Å². The molecule has 0 bridgehead atoms. The molecule has 0 fully saturated rings. The molecule has 0 aliphatic carbocycles. The van der Waals surface area contributed by atoms with E-state index >= 15 is 0 Å². The fourth-order valence-electron chi connectivity index (χ4n) is 0.772. The number of hydrogen-bond donors (Lipinski definition) is 0. The summed E-state index contributed by atoms with van der Waals surface area (Å²) in [5.41, 5.74) is 1.24. The number of nitrogens with zero attached hydrogens (tertiary/aromatic N) is 1. The first-order valence-electron chi connectivity index (χ1n) is 3.27. The van der Waals surface area contributed by atoms with Gasteiger partial charge >= 0.3 is 0 Å². The normalized spacial score (nSPS) is 13.7. The Morgan fingerprint density at radius 3 is 2.33 bits per heavy atom. The first kappa shape index (κ1) is 8.41. The van der Waals surface area contributed by atoms with Crippen molar-refractivity contribution in [1.29, 1.82) is 0 Å². The second-order valence-corrected chi connectivity index (χ2v) is 2.54. The van der Waals surface area contributed by atoms with Gasteiger partial charge in [-0.05, 0) is 18.4 Å². The molecule has 9 heavy (non-hydrogen) atoms. The number of allylic oxidation sites excluding steroid dienone is 2. The van der Waals surface area contributed by atoms with Crippen molar-refractivity contribution in [2.75, 3.05) is 7.05 Å². The zero-order valence-corrected chi connectivity index (χ0v) is 6.68. The summed E-state index contributed by atoms with van der Waals surface area (Å²) in [7, 11) is 1.79. The van der Waals surface area contributed by atoms with Crippen LogP contribution in [0.3, 0.4) is 0 Å². The quantitative estimate of drug-likeness (QED) is 0.502. The molecule has 1 heteroatoms. The van der Waals surface area contributed by atoms with Crippen LogP contribution in [0, 0.1) is 5.92 Å². The molecule has 0 aromatic rings. The van der Waals surface area contributed by atoms with E-state index in [0.29, 0.717) is 5.92 Å². The largest absolute Gasteiger partial charge is 0.296 e. The predicted molar refractivity (Wildman–Crippen MR) is 43.0 cm³/mol. The molecule has 0 saturated heterocycles. The van der Waals surface area contributed by atoms with E-state index in [9.17, 15) is 0 Å². The molecular weight excluding hydrogens is 110 g/mol. The standard InChI is InChI=1S/C8H15N/c1-7(2)5-8(3)6-9-4/h5-7H,1-4H3/b8-5-,9-6-. The molecule has 0 aromatic carbocycles. The molecule has 0 heterocycles. The third-order valence-corrected chi connectivity index (χ3v) is 0.929. The average molecular weight is 125 g/mol. The van der Waals surface area contributed by atoms with Gasteiger partial charge in [0.25, 0.3) is 0 Å². The first-order chi connectivity index (χ1) is 4.16. The molecule has 0 rings (SSSR count). The summed E-state index contributed by atoms with van der Waals surface area (Å²) in [6.45, 7) is 6.38. The van der Waals surface area contributed by atoms with Crippen molar-refractivity contribution in [2.24, 2.45) is 10.9 Å². The number of hydrogen-bond acceptors (Lipinski definition) is 1. The molecule has 0 aliphatic heterocycles. The minimum atomic E-state index is 0.628. The van der Waals surface area contributed by atoms with E-state index in [-0.39, 0.29) is 0 Å². The molecular formula is C8H15N. The van der Waals surface area contributed by atoms with Crippen molar-refractivity contribution in [3.8, 4) is 0 Å². The van der Waals surface area contributed by atoms with E-state index in [1.807, 2.05) is 6.21 Å². The molecule has 0 spiro atoms. The molecule has 1 nitrogen and oxygen atoms in total.